The Labute approximate surface area is 112 Å². The molecule has 0 spiro atoms. The maximum atomic E-state index is 4.52. The summed E-state index contributed by atoms with van der Waals surface area (Å²) >= 11 is 0. The number of aromatic nitrogens is 1. The average Bonchev–Trinajstić information content (AvgIpc) is 2.81. The third kappa shape index (κ3) is 3.13. The monoisotopic (exact) mass is 245 g/mol. The highest BCUT2D eigenvalue weighted by Crippen LogP contribution is 2.41. The molecule has 0 bridgehead atoms. The molecule has 1 aliphatic carbocycles. The molecule has 1 heteroatoms. The van der Waals surface area contributed by atoms with Crippen LogP contribution in [0.15, 0.2) is 18.3 Å². The predicted octanol–water partition coefficient (Wildman–Crippen LogP) is 4.65. The van der Waals surface area contributed by atoms with Gasteiger partial charge in [-0.15, -0.1) is 0 Å². The van der Waals surface area contributed by atoms with Crippen molar-refractivity contribution >= 4 is 0 Å². The van der Waals surface area contributed by atoms with E-state index in [2.05, 4.69) is 44.1 Å². The van der Waals surface area contributed by atoms with E-state index in [9.17, 15) is 0 Å². The van der Waals surface area contributed by atoms with Crippen LogP contribution in [0.4, 0.5) is 0 Å². The van der Waals surface area contributed by atoms with Crippen molar-refractivity contribution in [2.75, 3.05) is 0 Å². The van der Waals surface area contributed by atoms with E-state index >= 15 is 0 Å². The maximum Gasteiger partial charge on any atom is 0.0401 e. The lowest BCUT2D eigenvalue weighted by Crippen LogP contribution is -2.04. The Morgan fingerprint density at radius 3 is 2.17 bits per heavy atom. The zero-order chi connectivity index (χ0) is 13.0. The van der Waals surface area contributed by atoms with Crippen LogP contribution in [-0.2, 0) is 12.8 Å². The Morgan fingerprint density at radius 1 is 1.06 bits per heavy atom. The highest BCUT2D eigenvalue weighted by atomic mass is 14.7. The fourth-order valence-corrected chi connectivity index (χ4v) is 3.62. The summed E-state index contributed by atoms with van der Waals surface area (Å²) in [5.74, 6) is 2.85. The molecule has 1 nitrogen and oxygen atoms in total. The first-order chi connectivity index (χ1) is 8.76. The Hall–Kier alpha value is -0.850. The minimum absolute atomic E-state index is 0.897. The fraction of sp³-hybridized carbons (Fsp3) is 0.706. The number of rotatable bonds is 5. The molecule has 1 fully saturated rings. The average molecular weight is 245 g/mol. The summed E-state index contributed by atoms with van der Waals surface area (Å²) in [5.41, 5.74) is 2.65. The van der Waals surface area contributed by atoms with Crippen LogP contribution in [0.2, 0.25) is 0 Å². The topological polar surface area (TPSA) is 12.9 Å². The molecule has 100 valence electrons. The van der Waals surface area contributed by atoms with Gasteiger partial charge in [0.05, 0.1) is 0 Å². The molecule has 0 amide bonds. The van der Waals surface area contributed by atoms with Crippen LogP contribution in [0.25, 0.3) is 0 Å². The van der Waals surface area contributed by atoms with Gasteiger partial charge < -0.3 is 0 Å². The van der Waals surface area contributed by atoms with Crippen LogP contribution in [-0.4, -0.2) is 4.98 Å². The Kier molecular flexibility index (Phi) is 4.79. The van der Waals surface area contributed by atoms with E-state index in [1.165, 1.54) is 43.4 Å². The van der Waals surface area contributed by atoms with Crippen molar-refractivity contribution < 1.29 is 0 Å². The number of hydrogen-bond acceptors (Lipinski definition) is 1. The van der Waals surface area contributed by atoms with Gasteiger partial charge >= 0.3 is 0 Å². The highest BCUT2D eigenvalue weighted by Gasteiger charge is 2.31. The van der Waals surface area contributed by atoms with Gasteiger partial charge in [-0.1, -0.05) is 39.7 Å². The van der Waals surface area contributed by atoms with E-state index in [4.69, 9.17) is 0 Å². The van der Waals surface area contributed by atoms with E-state index in [-0.39, 0.29) is 0 Å². The zero-order valence-electron chi connectivity index (χ0n) is 12.2. The molecular formula is C17H27N. The second-order valence-electron chi connectivity index (χ2n) is 5.89. The maximum absolute atomic E-state index is 4.52. The van der Waals surface area contributed by atoms with Gasteiger partial charge in [-0.2, -0.15) is 0 Å². The van der Waals surface area contributed by atoms with E-state index in [0.29, 0.717) is 0 Å². The molecule has 1 aromatic heterocycles. The molecule has 0 saturated heterocycles. The van der Waals surface area contributed by atoms with Gasteiger partial charge in [0.15, 0.2) is 0 Å². The van der Waals surface area contributed by atoms with Crippen LogP contribution < -0.4 is 0 Å². The Morgan fingerprint density at radius 2 is 1.72 bits per heavy atom. The fourth-order valence-electron chi connectivity index (χ4n) is 3.62. The van der Waals surface area contributed by atoms with Crippen LogP contribution >= 0.6 is 0 Å². The summed E-state index contributed by atoms with van der Waals surface area (Å²) in [7, 11) is 0. The van der Waals surface area contributed by atoms with E-state index in [1.54, 1.807) is 0 Å². The summed E-state index contributed by atoms with van der Waals surface area (Å²) in [4.78, 5) is 4.52. The van der Waals surface area contributed by atoms with Crippen LogP contribution in [0, 0.1) is 17.8 Å². The van der Waals surface area contributed by atoms with Crippen LogP contribution in [0.3, 0.4) is 0 Å². The lowest BCUT2D eigenvalue weighted by atomic mass is 9.92. The second-order valence-corrected chi connectivity index (χ2v) is 5.89. The highest BCUT2D eigenvalue weighted by molar-refractivity contribution is 5.15. The Balaban J connectivity index is 1.93. The first kappa shape index (κ1) is 13.6. The van der Waals surface area contributed by atoms with Crippen molar-refractivity contribution in [1.82, 2.24) is 4.98 Å². The quantitative estimate of drug-likeness (QED) is 0.736. The SMILES string of the molecule is CCc1ccc(CC2CC(CC)C(CC)C2)cn1. The standard InChI is InChI=1S/C17H27N/c1-4-15-10-14(11-16(15)5-2)9-13-7-8-17(6-3)18-12-13/h7-8,12,14-16H,4-6,9-11H2,1-3H3. The number of pyridine rings is 1. The third-order valence-corrected chi connectivity index (χ3v) is 4.76. The second kappa shape index (κ2) is 6.36. The molecule has 1 aromatic rings. The molecule has 1 saturated carbocycles. The molecule has 2 rings (SSSR count). The van der Waals surface area contributed by atoms with Crippen molar-refractivity contribution in [2.45, 2.75) is 59.3 Å². The third-order valence-electron chi connectivity index (χ3n) is 4.76. The van der Waals surface area contributed by atoms with Crippen LogP contribution in [0.5, 0.6) is 0 Å². The first-order valence-electron chi connectivity index (χ1n) is 7.70. The van der Waals surface area contributed by atoms with E-state index in [1.807, 2.05) is 0 Å². The van der Waals surface area contributed by atoms with Crippen molar-refractivity contribution in [1.29, 1.82) is 0 Å². The van der Waals surface area contributed by atoms with Gasteiger partial charge in [0.1, 0.15) is 0 Å². The minimum atomic E-state index is 0.897. The predicted molar refractivity (Wildman–Crippen MR) is 77.6 cm³/mol. The molecule has 0 aliphatic heterocycles. The lowest BCUT2D eigenvalue weighted by molar-refractivity contribution is 0.367. The molecule has 1 aliphatic rings. The summed E-state index contributed by atoms with van der Waals surface area (Å²) < 4.78 is 0. The number of nitrogens with zero attached hydrogens (tertiary/aromatic N) is 1. The van der Waals surface area contributed by atoms with Gasteiger partial charge in [0.2, 0.25) is 0 Å². The van der Waals surface area contributed by atoms with Crippen LogP contribution in [0.1, 0.15) is 57.7 Å². The van der Waals surface area contributed by atoms with Gasteiger partial charge in [0, 0.05) is 11.9 Å². The van der Waals surface area contributed by atoms with Gasteiger partial charge in [-0.3, -0.25) is 4.98 Å². The van der Waals surface area contributed by atoms with Crippen molar-refractivity contribution in [3.8, 4) is 0 Å². The van der Waals surface area contributed by atoms with Gasteiger partial charge in [0.25, 0.3) is 0 Å². The molecule has 0 aromatic carbocycles. The molecular weight excluding hydrogens is 218 g/mol. The summed E-state index contributed by atoms with van der Waals surface area (Å²) in [5, 5.41) is 0. The summed E-state index contributed by atoms with van der Waals surface area (Å²) in [6.45, 7) is 6.87. The largest absolute Gasteiger partial charge is 0.261 e. The molecule has 2 unspecified atom stereocenters. The lowest BCUT2D eigenvalue weighted by Gasteiger charge is -2.14. The molecule has 18 heavy (non-hydrogen) atoms. The summed E-state index contributed by atoms with van der Waals surface area (Å²) in [6, 6.07) is 4.48. The van der Waals surface area contributed by atoms with Crippen molar-refractivity contribution in [2.24, 2.45) is 17.8 Å². The van der Waals surface area contributed by atoms with Crippen molar-refractivity contribution in [3.63, 3.8) is 0 Å². The van der Waals surface area contributed by atoms with Crippen molar-refractivity contribution in [3.05, 3.63) is 29.6 Å². The van der Waals surface area contributed by atoms with Gasteiger partial charge in [-0.05, 0) is 55.1 Å². The normalized spacial score (nSPS) is 27.6. The molecule has 0 radical (unpaired) electrons. The Bertz CT molecular complexity index is 342. The molecule has 1 heterocycles. The van der Waals surface area contributed by atoms with E-state index in [0.717, 1.165) is 24.2 Å². The van der Waals surface area contributed by atoms with Gasteiger partial charge in [-0.25, -0.2) is 0 Å². The zero-order valence-corrected chi connectivity index (χ0v) is 12.2. The first-order valence-corrected chi connectivity index (χ1v) is 7.70. The minimum Gasteiger partial charge on any atom is -0.261 e. The smallest absolute Gasteiger partial charge is 0.0401 e. The van der Waals surface area contributed by atoms with E-state index < -0.39 is 0 Å². The number of hydrogen-bond donors (Lipinski definition) is 0. The summed E-state index contributed by atoms with van der Waals surface area (Å²) in [6.07, 6.45) is 9.97. The molecule has 0 N–H and O–H groups in total. The number of aryl methyl sites for hydroxylation is 1. The molecule has 2 atom stereocenters.